The lowest BCUT2D eigenvalue weighted by molar-refractivity contribution is -0.124. The van der Waals surface area contributed by atoms with Gasteiger partial charge in [-0.3, -0.25) is 18.9 Å². The molecule has 2 heterocycles. The van der Waals surface area contributed by atoms with E-state index in [0.717, 1.165) is 5.56 Å². The molecule has 10 nitrogen and oxygen atoms in total. The van der Waals surface area contributed by atoms with Gasteiger partial charge in [0.15, 0.2) is 0 Å². The van der Waals surface area contributed by atoms with Gasteiger partial charge in [0.25, 0.3) is 15.6 Å². The highest BCUT2D eigenvalue weighted by Crippen LogP contribution is 2.31. The summed E-state index contributed by atoms with van der Waals surface area (Å²) in [6.07, 6.45) is 2.97. The maximum absolute atomic E-state index is 13.2. The normalized spacial score (nSPS) is 12.2. The molecule has 1 amide bonds. The summed E-state index contributed by atoms with van der Waals surface area (Å²) >= 11 is 0. The minimum Gasteiger partial charge on any atom is -0.480 e. The number of hydrogen-bond acceptors (Lipinski definition) is 7. The van der Waals surface area contributed by atoms with Crippen molar-refractivity contribution < 1.29 is 17.9 Å². The van der Waals surface area contributed by atoms with Gasteiger partial charge in [0.2, 0.25) is 11.8 Å². The molecule has 38 heavy (non-hydrogen) atoms. The lowest BCUT2D eigenvalue weighted by atomic mass is 10.0. The highest BCUT2D eigenvalue weighted by Gasteiger charge is 2.20. The van der Waals surface area contributed by atoms with Gasteiger partial charge in [-0.15, -0.1) is 0 Å². The number of methoxy groups -OCH3 is 1. The number of nitrogens with one attached hydrogen (secondary N) is 2. The van der Waals surface area contributed by atoms with Gasteiger partial charge in [-0.1, -0.05) is 30.7 Å². The third-order valence-electron chi connectivity index (χ3n) is 6.23. The number of nitrogens with zero attached hydrogens (tertiary/aromatic N) is 3. The maximum Gasteiger partial charge on any atom is 0.262 e. The van der Waals surface area contributed by atoms with Crippen LogP contribution in [0.25, 0.3) is 22.0 Å². The molecule has 0 aliphatic carbocycles. The molecular formula is C27H29N5O5S. The number of aryl methyl sites for hydroxylation is 2. The van der Waals surface area contributed by atoms with Crippen molar-refractivity contribution in [2.24, 2.45) is 5.92 Å². The summed E-state index contributed by atoms with van der Waals surface area (Å²) in [4.78, 5) is 33.9. The van der Waals surface area contributed by atoms with Crippen LogP contribution in [0.3, 0.4) is 0 Å². The number of ether oxygens (including phenoxy) is 1. The summed E-state index contributed by atoms with van der Waals surface area (Å²) in [5.74, 6) is -0.486. The van der Waals surface area contributed by atoms with Crippen LogP contribution in [0.4, 0.5) is 5.69 Å². The van der Waals surface area contributed by atoms with Crippen LogP contribution in [0.1, 0.15) is 18.1 Å². The molecule has 0 saturated heterocycles. The zero-order valence-electron chi connectivity index (χ0n) is 21.8. The van der Waals surface area contributed by atoms with Gasteiger partial charge in [-0.25, -0.2) is 18.4 Å². The Balaban J connectivity index is 1.73. The Kier molecular flexibility index (Phi) is 7.49. The summed E-state index contributed by atoms with van der Waals surface area (Å²) in [6, 6.07) is 11.9. The van der Waals surface area contributed by atoms with Gasteiger partial charge < -0.3 is 10.1 Å². The van der Waals surface area contributed by atoms with Crippen molar-refractivity contribution in [1.29, 1.82) is 0 Å². The van der Waals surface area contributed by atoms with Gasteiger partial charge >= 0.3 is 0 Å². The molecule has 11 heteroatoms. The first-order chi connectivity index (χ1) is 18.0. The van der Waals surface area contributed by atoms with E-state index in [9.17, 15) is 18.0 Å². The number of aromatic nitrogens is 3. The summed E-state index contributed by atoms with van der Waals surface area (Å²) in [5.41, 5.74) is 3.15. The number of pyridine rings is 1. The summed E-state index contributed by atoms with van der Waals surface area (Å²) in [6.45, 7) is 5.54. The van der Waals surface area contributed by atoms with Crippen molar-refractivity contribution in [2.45, 2.75) is 32.2 Å². The highest BCUT2D eigenvalue weighted by atomic mass is 32.2. The van der Waals surface area contributed by atoms with E-state index in [0.29, 0.717) is 27.6 Å². The standard InChI is InChI=1S/C27H29N5O5S/c1-16-6-9-24(17(2)10-16)38(35,36)31-23-12-20(13-29-26(23)37-5)19-7-8-22-21(11-19)27(34)32(15-30-22)14-18(3)25(33)28-4/h6-13,15,18,31H,14H2,1-5H3,(H,28,33). The molecule has 1 atom stereocenters. The second-order valence-electron chi connectivity index (χ2n) is 9.10. The molecule has 0 aliphatic heterocycles. The average Bonchev–Trinajstić information content (AvgIpc) is 2.89. The van der Waals surface area contributed by atoms with Gasteiger partial charge in [0.05, 0.1) is 35.2 Å². The second-order valence-corrected chi connectivity index (χ2v) is 10.8. The number of anilines is 1. The van der Waals surface area contributed by atoms with Crippen molar-refractivity contribution in [3.63, 3.8) is 0 Å². The molecule has 0 saturated carbocycles. The molecule has 0 bridgehead atoms. The number of rotatable bonds is 8. The second kappa shape index (κ2) is 10.6. The van der Waals surface area contributed by atoms with Crippen LogP contribution in [0, 0.1) is 19.8 Å². The van der Waals surface area contributed by atoms with E-state index in [1.54, 1.807) is 63.4 Å². The van der Waals surface area contributed by atoms with E-state index in [1.165, 1.54) is 24.2 Å². The number of hydrogen-bond donors (Lipinski definition) is 2. The van der Waals surface area contributed by atoms with Crippen LogP contribution in [0.2, 0.25) is 0 Å². The molecule has 1 unspecified atom stereocenters. The van der Waals surface area contributed by atoms with Crippen molar-refractivity contribution >= 4 is 32.5 Å². The van der Waals surface area contributed by atoms with Crippen LogP contribution in [0.15, 0.2) is 64.7 Å². The SMILES string of the molecule is CNC(=O)C(C)Cn1cnc2ccc(-c3cnc(OC)c(NS(=O)(=O)c4ccc(C)cc4C)c3)cc2c1=O. The summed E-state index contributed by atoms with van der Waals surface area (Å²) < 4.78 is 35.7. The zero-order valence-corrected chi connectivity index (χ0v) is 22.6. The molecule has 0 aliphatic rings. The number of sulfonamides is 1. The Bertz CT molecular complexity index is 1700. The molecule has 0 spiro atoms. The molecule has 198 valence electrons. The molecule has 2 N–H and O–H groups in total. The van der Waals surface area contributed by atoms with Crippen LogP contribution in [-0.2, 0) is 21.4 Å². The smallest absolute Gasteiger partial charge is 0.262 e. The van der Waals surface area contributed by atoms with Crippen molar-refractivity contribution in [1.82, 2.24) is 19.9 Å². The van der Waals surface area contributed by atoms with Gasteiger partial charge in [-0.2, -0.15) is 0 Å². The van der Waals surface area contributed by atoms with E-state index in [2.05, 4.69) is 20.0 Å². The van der Waals surface area contributed by atoms with Crippen LogP contribution in [0.5, 0.6) is 5.88 Å². The lowest BCUT2D eigenvalue weighted by Crippen LogP contribution is -2.32. The fraction of sp³-hybridized carbons (Fsp3) is 0.259. The highest BCUT2D eigenvalue weighted by molar-refractivity contribution is 7.92. The third-order valence-corrected chi connectivity index (χ3v) is 7.76. The number of fused-ring (bicyclic) bond motifs is 1. The van der Waals surface area contributed by atoms with E-state index in [4.69, 9.17) is 4.74 Å². The average molecular weight is 536 g/mol. The largest absolute Gasteiger partial charge is 0.480 e. The Morgan fingerprint density at radius 1 is 1.08 bits per heavy atom. The van der Waals surface area contributed by atoms with E-state index in [-0.39, 0.29) is 34.5 Å². The predicted octanol–water partition coefficient (Wildman–Crippen LogP) is 3.27. The Hall–Kier alpha value is -4.25. The first kappa shape index (κ1) is 26.8. The fourth-order valence-corrected chi connectivity index (χ4v) is 5.52. The third kappa shape index (κ3) is 5.37. The first-order valence-electron chi connectivity index (χ1n) is 11.9. The van der Waals surface area contributed by atoms with Crippen molar-refractivity contribution in [2.75, 3.05) is 18.9 Å². The minimum absolute atomic E-state index is 0.107. The van der Waals surface area contributed by atoms with Crippen molar-refractivity contribution in [3.8, 4) is 17.0 Å². The fourth-order valence-electron chi connectivity index (χ4n) is 4.24. The molecule has 4 rings (SSSR count). The quantitative estimate of drug-likeness (QED) is 0.354. The van der Waals surface area contributed by atoms with Crippen LogP contribution in [-0.4, -0.2) is 43.0 Å². The van der Waals surface area contributed by atoms with Gasteiger partial charge in [0, 0.05) is 25.4 Å². The number of carbonyl (C=O) groups is 1. The molecular weight excluding hydrogens is 506 g/mol. The monoisotopic (exact) mass is 535 g/mol. The zero-order chi connectivity index (χ0) is 27.6. The van der Waals surface area contributed by atoms with E-state index in [1.807, 2.05) is 6.92 Å². The first-order valence-corrected chi connectivity index (χ1v) is 13.4. The van der Waals surface area contributed by atoms with Crippen molar-refractivity contribution in [3.05, 3.63) is 76.5 Å². The number of amides is 1. The molecule has 2 aromatic carbocycles. The Morgan fingerprint density at radius 3 is 2.53 bits per heavy atom. The molecule has 0 fully saturated rings. The van der Waals surface area contributed by atoms with Crippen LogP contribution >= 0.6 is 0 Å². The molecule has 2 aromatic heterocycles. The Labute approximate surface area is 220 Å². The number of benzene rings is 2. The Morgan fingerprint density at radius 2 is 1.84 bits per heavy atom. The van der Waals surface area contributed by atoms with Gasteiger partial charge in [0.1, 0.15) is 5.69 Å². The van der Waals surface area contributed by atoms with E-state index < -0.39 is 15.9 Å². The van der Waals surface area contributed by atoms with Crippen LogP contribution < -0.4 is 20.3 Å². The van der Waals surface area contributed by atoms with Gasteiger partial charge in [-0.05, 0) is 49.2 Å². The summed E-state index contributed by atoms with van der Waals surface area (Å²) in [7, 11) is -0.975. The number of carbonyl (C=O) groups excluding carboxylic acids is 1. The summed E-state index contributed by atoms with van der Waals surface area (Å²) in [5, 5.41) is 2.94. The topological polar surface area (TPSA) is 132 Å². The van der Waals surface area contributed by atoms with E-state index >= 15 is 0 Å². The maximum atomic E-state index is 13.2. The molecule has 0 radical (unpaired) electrons. The molecule has 4 aromatic rings. The lowest BCUT2D eigenvalue weighted by Gasteiger charge is -2.15. The predicted molar refractivity (Wildman–Crippen MR) is 146 cm³/mol. The minimum atomic E-state index is -3.93.